The third-order valence-electron chi connectivity index (χ3n) is 4.44. The highest BCUT2D eigenvalue weighted by atomic mass is 127. The quantitative estimate of drug-likeness (QED) is 0.223. The minimum Gasteiger partial charge on any atom is -0.497 e. The van der Waals surface area contributed by atoms with Crippen molar-refractivity contribution in [3.05, 3.63) is 29.8 Å². The Bertz CT molecular complexity index is 573. The summed E-state index contributed by atoms with van der Waals surface area (Å²) >= 11 is 0. The zero-order chi connectivity index (χ0) is 18.1. The zero-order valence-corrected chi connectivity index (χ0v) is 18.2. The van der Waals surface area contributed by atoms with E-state index < -0.39 is 0 Å². The first-order valence-electron chi connectivity index (χ1n) is 9.00. The molecule has 3 N–H and O–H groups in total. The van der Waals surface area contributed by atoms with Crippen molar-refractivity contribution < 1.29 is 9.53 Å². The molecule has 1 fully saturated rings. The van der Waals surface area contributed by atoms with Crippen LogP contribution in [-0.4, -0.2) is 45.7 Å². The van der Waals surface area contributed by atoms with Gasteiger partial charge < -0.3 is 20.7 Å². The Kier molecular flexibility index (Phi) is 10.4. The van der Waals surface area contributed by atoms with Gasteiger partial charge in [-0.1, -0.05) is 19.1 Å². The smallest absolute Gasteiger partial charge is 0.223 e. The van der Waals surface area contributed by atoms with Gasteiger partial charge in [-0.3, -0.25) is 9.79 Å². The number of hydrogen-bond acceptors (Lipinski definition) is 3. The molecule has 6 nitrogen and oxygen atoms in total. The molecular weight excluding hydrogens is 443 g/mol. The first-order valence-corrected chi connectivity index (χ1v) is 9.00. The van der Waals surface area contributed by atoms with Crippen molar-refractivity contribution in [3.8, 4) is 5.75 Å². The van der Waals surface area contributed by atoms with E-state index in [9.17, 15) is 4.79 Å². The van der Waals surface area contributed by atoms with Gasteiger partial charge in [0.05, 0.1) is 7.11 Å². The first kappa shape index (κ1) is 22.5. The van der Waals surface area contributed by atoms with Gasteiger partial charge in [-0.05, 0) is 42.9 Å². The minimum atomic E-state index is 0. The number of halogens is 1. The summed E-state index contributed by atoms with van der Waals surface area (Å²) in [5, 5.41) is 9.47. The third kappa shape index (κ3) is 7.80. The Morgan fingerprint density at radius 3 is 2.35 bits per heavy atom. The Hall–Kier alpha value is -1.51. The number of hydrogen-bond donors (Lipinski definition) is 3. The predicted octanol–water partition coefficient (Wildman–Crippen LogP) is 2.50. The van der Waals surface area contributed by atoms with Gasteiger partial charge in [-0.2, -0.15) is 0 Å². The second-order valence-corrected chi connectivity index (χ2v) is 6.45. The molecule has 26 heavy (non-hydrogen) atoms. The van der Waals surface area contributed by atoms with Crippen LogP contribution in [0.25, 0.3) is 0 Å². The number of ether oxygens (including phenoxy) is 1. The molecule has 2 rings (SSSR count). The lowest BCUT2D eigenvalue weighted by Gasteiger charge is -2.15. The summed E-state index contributed by atoms with van der Waals surface area (Å²) in [6, 6.07) is 8.21. The van der Waals surface area contributed by atoms with Crippen LogP contribution >= 0.6 is 24.0 Å². The van der Waals surface area contributed by atoms with Crippen LogP contribution in [0.3, 0.4) is 0 Å². The van der Waals surface area contributed by atoms with Crippen LogP contribution in [0, 0.1) is 5.92 Å². The number of methoxy groups -OCH3 is 1. The number of rotatable bonds is 9. The van der Waals surface area contributed by atoms with Crippen LogP contribution < -0.4 is 20.7 Å². The SMILES string of the molecule is CN=C(NCCNC(=O)C1CC1)NCCC(C)c1ccc(OC)cc1.I. The van der Waals surface area contributed by atoms with E-state index in [2.05, 4.69) is 40.0 Å². The molecule has 0 spiro atoms. The number of benzene rings is 1. The molecule has 0 aliphatic heterocycles. The van der Waals surface area contributed by atoms with Gasteiger partial charge in [-0.15, -0.1) is 24.0 Å². The van der Waals surface area contributed by atoms with E-state index in [1.807, 2.05) is 12.1 Å². The summed E-state index contributed by atoms with van der Waals surface area (Å²) in [7, 11) is 3.43. The molecular formula is C19H31IN4O2. The van der Waals surface area contributed by atoms with Crippen molar-refractivity contribution in [2.45, 2.75) is 32.1 Å². The fourth-order valence-electron chi connectivity index (χ4n) is 2.58. The van der Waals surface area contributed by atoms with Crippen molar-refractivity contribution in [3.63, 3.8) is 0 Å². The fourth-order valence-corrected chi connectivity index (χ4v) is 2.58. The summed E-state index contributed by atoms with van der Waals surface area (Å²) in [5.41, 5.74) is 1.30. The van der Waals surface area contributed by atoms with Gasteiger partial charge in [0, 0.05) is 32.6 Å². The molecule has 0 aromatic heterocycles. The maximum atomic E-state index is 11.5. The lowest BCUT2D eigenvalue weighted by atomic mass is 9.98. The molecule has 1 atom stereocenters. The average molecular weight is 474 g/mol. The number of amides is 1. The zero-order valence-electron chi connectivity index (χ0n) is 15.9. The van der Waals surface area contributed by atoms with E-state index in [4.69, 9.17) is 4.74 Å². The molecule has 1 amide bonds. The Labute approximate surface area is 173 Å². The van der Waals surface area contributed by atoms with Gasteiger partial charge >= 0.3 is 0 Å². The molecule has 1 aliphatic carbocycles. The molecule has 1 aliphatic rings. The minimum absolute atomic E-state index is 0. The van der Waals surface area contributed by atoms with Crippen molar-refractivity contribution in [2.75, 3.05) is 33.8 Å². The molecule has 1 aromatic rings. The maximum absolute atomic E-state index is 11.5. The van der Waals surface area contributed by atoms with E-state index in [-0.39, 0.29) is 35.8 Å². The number of carbonyl (C=O) groups excluding carboxylic acids is 1. The predicted molar refractivity (Wildman–Crippen MR) is 117 cm³/mol. The highest BCUT2D eigenvalue weighted by Gasteiger charge is 2.28. The molecule has 0 saturated heterocycles. The van der Waals surface area contributed by atoms with Crippen LogP contribution in [-0.2, 0) is 4.79 Å². The van der Waals surface area contributed by atoms with Gasteiger partial charge in [-0.25, -0.2) is 0 Å². The molecule has 1 aromatic carbocycles. The molecule has 0 bridgehead atoms. The molecule has 0 heterocycles. The number of guanidine groups is 1. The summed E-state index contributed by atoms with van der Waals surface area (Å²) in [6.45, 7) is 4.35. The number of carbonyl (C=O) groups is 1. The number of aliphatic imine (C=N–C) groups is 1. The highest BCUT2D eigenvalue weighted by Crippen LogP contribution is 2.28. The second-order valence-electron chi connectivity index (χ2n) is 6.45. The van der Waals surface area contributed by atoms with E-state index in [0.717, 1.165) is 37.5 Å². The van der Waals surface area contributed by atoms with Crippen LogP contribution in [0.15, 0.2) is 29.3 Å². The second kappa shape index (κ2) is 12.0. The number of nitrogens with zero attached hydrogens (tertiary/aromatic N) is 1. The third-order valence-corrected chi connectivity index (χ3v) is 4.44. The first-order chi connectivity index (χ1) is 12.1. The standard InChI is InChI=1S/C19H30N4O2.HI/c1-14(15-6-8-17(25-3)9-7-15)10-11-22-19(20-2)23-13-12-21-18(24)16-4-5-16;/h6-9,14,16H,4-5,10-13H2,1-3H3,(H,21,24)(H2,20,22,23);1H. The largest absolute Gasteiger partial charge is 0.497 e. The summed E-state index contributed by atoms with van der Waals surface area (Å²) in [4.78, 5) is 15.8. The van der Waals surface area contributed by atoms with Crippen LogP contribution in [0.1, 0.15) is 37.7 Å². The van der Waals surface area contributed by atoms with E-state index in [1.165, 1.54) is 5.56 Å². The van der Waals surface area contributed by atoms with Gasteiger partial charge in [0.15, 0.2) is 5.96 Å². The van der Waals surface area contributed by atoms with E-state index in [0.29, 0.717) is 19.0 Å². The molecule has 1 unspecified atom stereocenters. The van der Waals surface area contributed by atoms with Crippen LogP contribution in [0.5, 0.6) is 5.75 Å². The van der Waals surface area contributed by atoms with E-state index in [1.54, 1.807) is 14.2 Å². The summed E-state index contributed by atoms with van der Waals surface area (Å²) < 4.78 is 5.19. The maximum Gasteiger partial charge on any atom is 0.223 e. The molecule has 0 radical (unpaired) electrons. The topological polar surface area (TPSA) is 74.8 Å². The van der Waals surface area contributed by atoms with Gasteiger partial charge in [0.25, 0.3) is 0 Å². The Morgan fingerprint density at radius 2 is 1.77 bits per heavy atom. The lowest BCUT2D eigenvalue weighted by Crippen LogP contribution is -2.42. The van der Waals surface area contributed by atoms with Crippen molar-refractivity contribution in [1.82, 2.24) is 16.0 Å². The molecule has 1 saturated carbocycles. The lowest BCUT2D eigenvalue weighted by molar-refractivity contribution is -0.122. The monoisotopic (exact) mass is 474 g/mol. The van der Waals surface area contributed by atoms with Crippen molar-refractivity contribution >= 4 is 35.8 Å². The summed E-state index contributed by atoms with van der Waals surface area (Å²) in [6.07, 6.45) is 3.08. The van der Waals surface area contributed by atoms with Crippen LogP contribution in [0.4, 0.5) is 0 Å². The highest BCUT2D eigenvalue weighted by molar-refractivity contribution is 14.0. The van der Waals surface area contributed by atoms with Crippen molar-refractivity contribution in [1.29, 1.82) is 0 Å². The van der Waals surface area contributed by atoms with Crippen molar-refractivity contribution in [2.24, 2.45) is 10.9 Å². The van der Waals surface area contributed by atoms with Gasteiger partial charge in [0.1, 0.15) is 5.75 Å². The number of nitrogens with one attached hydrogen (secondary N) is 3. The van der Waals surface area contributed by atoms with Gasteiger partial charge in [0.2, 0.25) is 5.91 Å². The summed E-state index contributed by atoms with van der Waals surface area (Å²) in [5.74, 6) is 2.54. The Balaban J connectivity index is 0.00000338. The Morgan fingerprint density at radius 1 is 1.15 bits per heavy atom. The van der Waals surface area contributed by atoms with E-state index >= 15 is 0 Å². The van der Waals surface area contributed by atoms with Crippen LogP contribution in [0.2, 0.25) is 0 Å². The fraction of sp³-hybridized carbons (Fsp3) is 0.579. The normalized spacial score (nSPS) is 14.8. The molecule has 7 heteroatoms. The molecule has 146 valence electrons. The average Bonchev–Trinajstić information content (AvgIpc) is 3.48.